The van der Waals surface area contributed by atoms with Crippen molar-refractivity contribution in [3.63, 3.8) is 0 Å². The summed E-state index contributed by atoms with van der Waals surface area (Å²) in [6, 6.07) is 1.70. The molecule has 0 saturated carbocycles. The highest BCUT2D eigenvalue weighted by Crippen LogP contribution is 2.41. The van der Waals surface area contributed by atoms with Gasteiger partial charge in [0.25, 0.3) is 0 Å². The van der Waals surface area contributed by atoms with E-state index in [9.17, 15) is 0 Å². The van der Waals surface area contributed by atoms with Crippen molar-refractivity contribution in [2.75, 3.05) is 21.3 Å². The summed E-state index contributed by atoms with van der Waals surface area (Å²) in [5.74, 6) is 1.48. The average molecular weight is 255 g/mol. The van der Waals surface area contributed by atoms with E-state index < -0.39 is 0 Å². The lowest BCUT2D eigenvalue weighted by atomic mass is 10.2. The minimum Gasteiger partial charge on any atom is -0.493 e. The molecule has 0 aliphatic heterocycles. The van der Waals surface area contributed by atoms with Crippen LogP contribution in [0.25, 0.3) is 11.0 Å². The van der Waals surface area contributed by atoms with E-state index in [1.54, 1.807) is 13.2 Å². The van der Waals surface area contributed by atoms with E-state index in [4.69, 9.17) is 25.8 Å². The van der Waals surface area contributed by atoms with Gasteiger partial charge in [0.1, 0.15) is 10.7 Å². The topological polar surface area (TPSA) is 53.5 Å². The SMILES string of the molecule is COc1cc2nc(Cl)cnc2c(OC)c1OC. The van der Waals surface area contributed by atoms with E-state index in [1.165, 1.54) is 20.4 Å². The summed E-state index contributed by atoms with van der Waals surface area (Å²) in [4.78, 5) is 8.34. The molecule has 5 nitrogen and oxygen atoms in total. The highest BCUT2D eigenvalue weighted by molar-refractivity contribution is 6.29. The van der Waals surface area contributed by atoms with E-state index in [0.29, 0.717) is 33.4 Å². The molecular weight excluding hydrogens is 244 g/mol. The van der Waals surface area contributed by atoms with Crippen molar-refractivity contribution < 1.29 is 14.2 Å². The fourth-order valence-electron chi connectivity index (χ4n) is 1.60. The first-order valence-electron chi connectivity index (χ1n) is 4.82. The first-order chi connectivity index (χ1) is 8.21. The molecule has 0 radical (unpaired) electrons. The van der Waals surface area contributed by atoms with Gasteiger partial charge in [-0.3, -0.25) is 0 Å². The number of rotatable bonds is 3. The predicted octanol–water partition coefficient (Wildman–Crippen LogP) is 2.31. The van der Waals surface area contributed by atoms with Crippen LogP contribution in [0.1, 0.15) is 0 Å². The molecule has 0 aliphatic carbocycles. The molecule has 1 aromatic heterocycles. The third-order valence-electron chi connectivity index (χ3n) is 2.31. The lowest BCUT2D eigenvalue weighted by molar-refractivity contribution is 0.326. The molecule has 0 bridgehead atoms. The van der Waals surface area contributed by atoms with Gasteiger partial charge in [0.05, 0.1) is 33.0 Å². The number of benzene rings is 1. The number of hydrogen-bond acceptors (Lipinski definition) is 5. The normalized spacial score (nSPS) is 10.4. The van der Waals surface area contributed by atoms with Gasteiger partial charge in [-0.05, 0) is 0 Å². The molecule has 0 unspecified atom stereocenters. The quantitative estimate of drug-likeness (QED) is 0.841. The van der Waals surface area contributed by atoms with Crippen LogP contribution >= 0.6 is 11.6 Å². The second-order valence-electron chi connectivity index (χ2n) is 3.21. The van der Waals surface area contributed by atoms with Crippen molar-refractivity contribution in [2.45, 2.75) is 0 Å². The number of nitrogens with zero attached hydrogens (tertiary/aromatic N) is 2. The number of ether oxygens (including phenoxy) is 3. The third kappa shape index (κ3) is 1.93. The van der Waals surface area contributed by atoms with Crippen molar-refractivity contribution in [3.05, 3.63) is 17.4 Å². The molecule has 0 saturated heterocycles. The van der Waals surface area contributed by atoms with Crippen LogP contribution in [0.15, 0.2) is 12.3 Å². The number of hydrogen-bond donors (Lipinski definition) is 0. The summed E-state index contributed by atoms with van der Waals surface area (Å²) in [6.07, 6.45) is 1.46. The maximum Gasteiger partial charge on any atom is 0.205 e. The van der Waals surface area contributed by atoms with Crippen molar-refractivity contribution >= 4 is 22.6 Å². The van der Waals surface area contributed by atoms with Crippen LogP contribution in [0.2, 0.25) is 5.15 Å². The van der Waals surface area contributed by atoms with Crippen LogP contribution in [0, 0.1) is 0 Å². The molecule has 2 rings (SSSR count). The van der Waals surface area contributed by atoms with Gasteiger partial charge < -0.3 is 14.2 Å². The highest BCUT2D eigenvalue weighted by Gasteiger charge is 2.17. The standard InChI is InChI=1S/C11H11ClN2O3/c1-15-7-4-6-9(13-5-8(12)14-6)11(17-3)10(7)16-2/h4-5H,1-3H3. The Hall–Kier alpha value is -1.75. The monoisotopic (exact) mass is 254 g/mol. The van der Waals surface area contributed by atoms with Gasteiger partial charge >= 0.3 is 0 Å². The smallest absolute Gasteiger partial charge is 0.205 e. The van der Waals surface area contributed by atoms with Gasteiger partial charge in [-0.15, -0.1) is 0 Å². The highest BCUT2D eigenvalue weighted by atomic mass is 35.5. The summed E-state index contributed by atoms with van der Waals surface area (Å²) in [7, 11) is 4.61. The Morgan fingerprint density at radius 1 is 1.06 bits per heavy atom. The second kappa shape index (κ2) is 4.63. The molecule has 0 aliphatic rings. The summed E-state index contributed by atoms with van der Waals surface area (Å²) in [5, 5.41) is 0.312. The summed E-state index contributed by atoms with van der Waals surface area (Å²) in [6.45, 7) is 0. The van der Waals surface area contributed by atoms with Crippen LogP contribution in [0.4, 0.5) is 0 Å². The molecule has 0 amide bonds. The van der Waals surface area contributed by atoms with Gasteiger partial charge in [0.2, 0.25) is 5.75 Å². The Morgan fingerprint density at radius 2 is 1.76 bits per heavy atom. The van der Waals surface area contributed by atoms with Gasteiger partial charge in [0.15, 0.2) is 11.5 Å². The Kier molecular flexibility index (Phi) is 3.19. The third-order valence-corrected chi connectivity index (χ3v) is 2.49. The van der Waals surface area contributed by atoms with E-state index in [1.807, 2.05) is 0 Å². The maximum atomic E-state index is 5.80. The molecule has 2 aromatic rings. The molecule has 0 N–H and O–H groups in total. The van der Waals surface area contributed by atoms with Gasteiger partial charge in [-0.2, -0.15) is 0 Å². The zero-order chi connectivity index (χ0) is 12.4. The molecular formula is C11H11ClN2O3. The lowest BCUT2D eigenvalue weighted by Crippen LogP contribution is -1.98. The number of halogens is 1. The molecule has 0 atom stereocenters. The predicted molar refractivity (Wildman–Crippen MR) is 64.2 cm³/mol. The first kappa shape index (κ1) is 11.7. The Labute approximate surface area is 103 Å². The van der Waals surface area contributed by atoms with Crippen molar-refractivity contribution in [1.29, 1.82) is 0 Å². The number of aromatic nitrogens is 2. The Balaban J connectivity index is 2.83. The van der Waals surface area contributed by atoms with E-state index in [2.05, 4.69) is 9.97 Å². The van der Waals surface area contributed by atoms with Crippen LogP contribution in [-0.2, 0) is 0 Å². The summed E-state index contributed by atoms with van der Waals surface area (Å²) < 4.78 is 15.7. The molecule has 1 aromatic carbocycles. The van der Waals surface area contributed by atoms with E-state index in [0.717, 1.165) is 0 Å². The Morgan fingerprint density at radius 3 is 2.35 bits per heavy atom. The zero-order valence-corrected chi connectivity index (χ0v) is 10.4. The Bertz CT molecular complexity index is 560. The molecule has 0 spiro atoms. The zero-order valence-electron chi connectivity index (χ0n) is 9.65. The lowest BCUT2D eigenvalue weighted by Gasteiger charge is -2.13. The van der Waals surface area contributed by atoms with Crippen LogP contribution < -0.4 is 14.2 Å². The van der Waals surface area contributed by atoms with Gasteiger partial charge in [-0.25, -0.2) is 9.97 Å². The van der Waals surface area contributed by atoms with Gasteiger partial charge in [0, 0.05) is 6.07 Å². The number of fused-ring (bicyclic) bond motifs is 1. The molecule has 17 heavy (non-hydrogen) atoms. The molecule has 0 fully saturated rings. The largest absolute Gasteiger partial charge is 0.493 e. The molecule has 6 heteroatoms. The average Bonchev–Trinajstić information content (AvgIpc) is 2.35. The first-order valence-corrected chi connectivity index (χ1v) is 5.20. The maximum absolute atomic E-state index is 5.80. The van der Waals surface area contributed by atoms with Crippen LogP contribution in [-0.4, -0.2) is 31.3 Å². The summed E-state index contributed by atoms with van der Waals surface area (Å²) >= 11 is 5.80. The van der Waals surface area contributed by atoms with Crippen molar-refractivity contribution in [2.24, 2.45) is 0 Å². The fraction of sp³-hybridized carbons (Fsp3) is 0.273. The van der Waals surface area contributed by atoms with Crippen molar-refractivity contribution in [1.82, 2.24) is 9.97 Å². The van der Waals surface area contributed by atoms with Crippen LogP contribution in [0.3, 0.4) is 0 Å². The second-order valence-corrected chi connectivity index (χ2v) is 3.59. The summed E-state index contributed by atoms with van der Waals surface area (Å²) in [5.41, 5.74) is 1.17. The molecule has 1 heterocycles. The van der Waals surface area contributed by atoms with E-state index in [-0.39, 0.29) is 0 Å². The minimum absolute atomic E-state index is 0.312. The van der Waals surface area contributed by atoms with E-state index >= 15 is 0 Å². The van der Waals surface area contributed by atoms with Crippen LogP contribution in [0.5, 0.6) is 17.2 Å². The fourth-order valence-corrected chi connectivity index (χ4v) is 1.74. The molecule has 90 valence electrons. The minimum atomic E-state index is 0.312. The van der Waals surface area contributed by atoms with Gasteiger partial charge in [-0.1, -0.05) is 11.6 Å². The van der Waals surface area contributed by atoms with Crippen molar-refractivity contribution in [3.8, 4) is 17.2 Å². The number of methoxy groups -OCH3 is 3.